The molecule has 0 N–H and O–H groups in total. The minimum Gasteiger partial charge on any atom is -0.240 e. The molecule has 0 amide bonds. The van der Waals surface area contributed by atoms with E-state index in [-0.39, 0.29) is 11.1 Å². The fraction of sp³-hybridized carbons (Fsp3) is 0.633. The molecule has 7 aromatic heterocycles. The van der Waals surface area contributed by atoms with Gasteiger partial charge in [-0.3, -0.25) is 0 Å². The third-order valence-corrected chi connectivity index (χ3v) is 31.9. The fourth-order valence-electron chi connectivity index (χ4n) is 16.3. The zero-order valence-corrected chi connectivity index (χ0v) is 75.7. The van der Waals surface area contributed by atoms with Crippen LogP contribution in [0, 0.1) is 34.9 Å². The first-order valence-electron chi connectivity index (χ1n) is 45.6. The number of thiazole rings is 2. The van der Waals surface area contributed by atoms with Crippen molar-refractivity contribution < 1.29 is 26.3 Å². The third-order valence-electron chi connectivity index (χ3n) is 23.0. The normalized spacial score (nSPS) is 11.9. The number of hydrogen-bond acceptors (Lipinski definition) is 9. The van der Waals surface area contributed by atoms with Crippen molar-refractivity contribution >= 4 is 88.8 Å². The van der Waals surface area contributed by atoms with Gasteiger partial charge in [-0.2, -0.15) is 0 Å². The highest BCUT2D eigenvalue weighted by Gasteiger charge is 2.29. The quantitative estimate of drug-likeness (QED) is 0.0280. The molecular weight excluding hydrogens is 1540 g/mol. The highest BCUT2D eigenvalue weighted by Crippen LogP contribution is 2.53. The number of benzene rings is 2. The van der Waals surface area contributed by atoms with Crippen LogP contribution in [-0.2, 0) is 32.1 Å². The van der Waals surface area contributed by atoms with Crippen molar-refractivity contribution in [2.75, 3.05) is 0 Å². The van der Waals surface area contributed by atoms with E-state index in [1.54, 1.807) is 22.7 Å². The van der Waals surface area contributed by atoms with Crippen LogP contribution in [0.5, 0.6) is 0 Å². The number of hydrogen-bond donors (Lipinski definition) is 0. The SMILES string of the molecule is CCCCCCCCCCCCCCc1cc(-c2c(F)cc(F)cc2F)sc1-c1cc2sc(-c3cc(CCCCCCCCCCCC)c(-c4nc(CCCCCCCCCCCC)c(-c5sc(-c6sc(-c7c(F)cc(F)cc7F)cc6CCCCCCCCCCCC)nc5CCCCCCCCCCCC)s4)s3)cc2s1. The van der Waals surface area contributed by atoms with Crippen LogP contribution in [0.25, 0.3) is 79.3 Å². The molecular formula is C98H138F6N2S7. The van der Waals surface area contributed by atoms with Crippen LogP contribution in [0.1, 0.15) is 397 Å². The second-order valence-corrected chi connectivity index (χ2v) is 40.1. The molecule has 9 rings (SSSR count). The number of aryl methyl sites for hydroxylation is 5. The minimum atomic E-state index is -0.916. The largest absolute Gasteiger partial charge is 0.240 e. The molecule has 0 bridgehead atoms. The summed E-state index contributed by atoms with van der Waals surface area (Å²) < 4.78 is 94.6. The zero-order valence-electron chi connectivity index (χ0n) is 70.0. The van der Waals surface area contributed by atoms with Crippen LogP contribution >= 0.6 is 79.4 Å². The Hall–Kier alpha value is -3.96. The second kappa shape index (κ2) is 53.6. The molecule has 15 heteroatoms. The maximum Gasteiger partial charge on any atom is 0.137 e. The van der Waals surface area contributed by atoms with E-state index in [1.165, 1.54) is 332 Å². The Balaban J connectivity index is 1.06. The molecule has 9 aromatic rings. The van der Waals surface area contributed by atoms with Gasteiger partial charge >= 0.3 is 0 Å². The van der Waals surface area contributed by atoms with E-state index in [9.17, 15) is 8.78 Å². The van der Waals surface area contributed by atoms with E-state index in [2.05, 4.69) is 52.8 Å². The van der Waals surface area contributed by atoms with Gasteiger partial charge in [-0.05, 0) is 111 Å². The number of rotatable bonds is 64. The second-order valence-electron chi connectivity index (χ2n) is 32.8. The molecule has 0 spiro atoms. The van der Waals surface area contributed by atoms with Gasteiger partial charge in [0.25, 0.3) is 0 Å². The molecule has 0 saturated heterocycles. The summed E-state index contributed by atoms with van der Waals surface area (Å²) in [6.45, 7) is 11.4. The average Bonchev–Trinajstić information content (AvgIpc) is 1.61. The maximum absolute atomic E-state index is 16.0. The first kappa shape index (κ1) is 92.9. The zero-order chi connectivity index (χ0) is 79.6. The molecule has 0 saturated carbocycles. The predicted molar refractivity (Wildman–Crippen MR) is 489 cm³/mol. The van der Waals surface area contributed by atoms with Gasteiger partial charge in [0, 0.05) is 62.9 Å². The third kappa shape index (κ3) is 31.0. The Bertz CT molecular complexity index is 4020. The Morgan fingerprint density at radius 2 is 0.442 bits per heavy atom. The lowest BCUT2D eigenvalue weighted by Gasteiger charge is -2.05. The Kier molecular flexibility index (Phi) is 44.0. The van der Waals surface area contributed by atoms with Crippen molar-refractivity contribution in [2.24, 2.45) is 0 Å². The van der Waals surface area contributed by atoms with Crippen LogP contribution in [0.3, 0.4) is 0 Å². The lowest BCUT2D eigenvalue weighted by Crippen LogP contribution is -1.93. The molecule has 0 unspecified atom stereocenters. The van der Waals surface area contributed by atoms with E-state index in [4.69, 9.17) is 9.97 Å². The van der Waals surface area contributed by atoms with Crippen LogP contribution in [-0.4, -0.2) is 9.97 Å². The van der Waals surface area contributed by atoms with Crippen molar-refractivity contribution in [1.82, 2.24) is 9.97 Å². The van der Waals surface area contributed by atoms with E-state index in [1.807, 2.05) is 46.1 Å². The van der Waals surface area contributed by atoms with Gasteiger partial charge < -0.3 is 0 Å². The van der Waals surface area contributed by atoms with Crippen molar-refractivity contribution in [2.45, 2.75) is 401 Å². The van der Waals surface area contributed by atoms with Gasteiger partial charge in [0.05, 0.1) is 42.0 Å². The van der Waals surface area contributed by atoms with Gasteiger partial charge in [0.2, 0.25) is 0 Å². The van der Waals surface area contributed by atoms with Crippen molar-refractivity contribution in [1.29, 1.82) is 0 Å². The number of fused-ring (bicyclic) bond motifs is 1. The average molecular weight is 1680 g/mol. The van der Waals surface area contributed by atoms with Crippen molar-refractivity contribution in [3.63, 3.8) is 0 Å². The summed E-state index contributed by atoms with van der Waals surface area (Å²) in [6, 6.07) is 14.3. The summed E-state index contributed by atoms with van der Waals surface area (Å²) in [5.41, 5.74) is 5.46. The summed E-state index contributed by atoms with van der Waals surface area (Å²) in [6.07, 6.45) is 69.2. The monoisotopic (exact) mass is 1680 g/mol. The predicted octanol–water partition coefficient (Wildman–Crippen LogP) is 37.7. The van der Waals surface area contributed by atoms with Gasteiger partial charge in [0.15, 0.2) is 0 Å². The number of halogens is 6. The van der Waals surface area contributed by atoms with Gasteiger partial charge in [-0.15, -0.1) is 79.4 Å². The van der Waals surface area contributed by atoms with E-state index < -0.39 is 34.9 Å². The molecule has 113 heavy (non-hydrogen) atoms. The van der Waals surface area contributed by atoms with Gasteiger partial charge in [-0.25, -0.2) is 36.3 Å². The summed E-state index contributed by atoms with van der Waals surface area (Å²) in [7, 11) is 0. The topological polar surface area (TPSA) is 25.8 Å². The number of nitrogens with zero attached hydrogens (tertiary/aromatic N) is 2. The standard InChI is InChI=1S/C98H138F6N2S7/c1-6-11-16-21-26-31-36-37-40-43-48-53-58-72-64-87(90-77(101)66-75(99)67-78(90)102)110-92(72)89-71-86-85(108-89)70-84(107-86)83-63-73(59-54-49-44-38-32-27-22-17-12-7-2)93(109-83)97-105-81(61-56-51-46-41-34-29-24-19-14-9-4)95(112-97)96-82(62-57-52-47-42-35-30-25-20-15-10-5)106-98(113-96)94-74(60-55-50-45-39-33-28-23-18-13-8-3)65-88(111-94)91-79(103)68-76(100)69-80(91)104/h63-71H,6-62H2,1-5H3. The molecule has 0 atom stereocenters. The highest BCUT2D eigenvalue weighted by atomic mass is 32.1. The molecule has 624 valence electrons. The van der Waals surface area contributed by atoms with Crippen LogP contribution < -0.4 is 0 Å². The van der Waals surface area contributed by atoms with Gasteiger partial charge in [0.1, 0.15) is 44.9 Å². The molecule has 2 aromatic carbocycles. The lowest BCUT2D eigenvalue weighted by molar-refractivity contribution is 0.544. The van der Waals surface area contributed by atoms with Crippen LogP contribution in [0.4, 0.5) is 26.3 Å². The molecule has 0 fully saturated rings. The number of thiophene rings is 5. The fourth-order valence-corrected chi connectivity index (χ4v) is 25.3. The van der Waals surface area contributed by atoms with Crippen LogP contribution in [0.15, 0.2) is 54.6 Å². The van der Waals surface area contributed by atoms with E-state index in [0.717, 1.165) is 168 Å². The molecule has 7 heterocycles. The molecule has 0 aliphatic heterocycles. The van der Waals surface area contributed by atoms with Crippen molar-refractivity contribution in [3.8, 4) is 69.9 Å². The summed E-state index contributed by atoms with van der Waals surface area (Å²) in [4.78, 5) is 21.8. The first-order chi connectivity index (χ1) is 55.4. The minimum absolute atomic E-state index is 0.154. The van der Waals surface area contributed by atoms with Crippen LogP contribution in [0.2, 0.25) is 0 Å². The van der Waals surface area contributed by atoms with E-state index in [0.29, 0.717) is 9.75 Å². The smallest absolute Gasteiger partial charge is 0.137 e. The highest BCUT2D eigenvalue weighted by molar-refractivity contribution is 7.34. The Morgan fingerprint density at radius 3 is 0.752 bits per heavy atom. The number of unbranched alkanes of at least 4 members (excludes halogenated alkanes) is 47. The molecule has 2 nitrogen and oxygen atoms in total. The summed E-state index contributed by atoms with van der Waals surface area (Å²) in [5.74, 6) is -5.33. The number of aromatic nitrogens is 2. The van der Waals surface area contributed by atoms with Crippen molar-refractivity contribution in [3.05, 3.63) is 118 Å². The lowest BCUT2D eigenvalue weighted by atomic mass is 10.0. The molecule has 0 radical (unpaired) electrons. The molecule has 0 aliphatic carbocycles. The Morgan fingerprint density at radius 1 is 0.212 bits per heavy atom. The summed E-state index contributed by atoms with van der Waals surface area (Å²) >= 11 is 11.9. The van der Waals surface area contributed by atoms with Gasteiger partial charge in [-0.1, -0.05) is 336 Å². The first-order valence-corrected chi connectivity index (χ1v) is 51.4. The van der Waals surface area contributed by atoms with E-state index >= 15 is 17.6 Å². The maximum atomic E-state index is 16.0. The Labute approximate surface area is 707 Å². The molecule has 0 aliphatic rings. The summed E-state index contributed by atoms with van der Waals surface area (Å²) in [5, 5.41) is 1.97.